The van der Waals surface area contributed by atoms with Crippen LogP contribution in [0.2, 0.25) is 0 Å². The van der Waals surface area contributed by atoms with E-state index in [2.05, 4.69) is 19.2 Å². The number of unbranched alkanes of at least 4 members (excludes halogenated alkanes) is 2. The van der Waals surface area contributed by atoms with E-state index < -0.39 is 0 Å². The van der Waals surface area contributed by atoms with E-state index in [0.29, 0.717) is 12.5 Å². The SMILES string of the molecule is CCC1(CC)CC(NCCCCCF)CCO1. The summed E-state index contributed by atoms with van der Waals surface area (Å²) in [7, 11) is 0. The van der Waals surface area contributed by atoms with E-state index in [-0.39, 0.29) is 12.3 Å². The van der Waals surface area contributed by atoms with E-state index in [4.69, 9.17) is 4.74 Å². The molecule has 0 spiro atoms. The topological polar surface area (TPSA) is 21.3 Å². The highest BCUT2D eigenvalue weighted by molar-refractivity contribution is 4.87. The van der Waals surface area contributed by atoms with Gasteiger partial charge in [0.25, 0.3) is 0 Å². The summed E-state index contributed by atoms with van der Waals surface area (Å²) in [6.07, 6.45) is 7.25. The third kappa shape index (κ3) is 4.92. The monoisotopic (exact) mass is 245 g/mol. The number of hydrogen-bond donors (Lipinski definition) is 1. The Labute approximate surface area is 105 Å². The van der Waals surface area contributed by atoms with Gasteiger partial charge in [0, 0.05) is 12.6 Å². The Bertz CT molecular complexity index is 195. The van der Waals surface area contributed by atoms with Crippen LogP contribution < -0.4 is 5.32 Å². The maximum Gasteiger partial charge on any atom is 0.0894 e. The molecule has 0 aromatic rings. The van der Waals surface area contributed by atoms with Crippen molar-refractivity contribution in [2.24, 2.45) is 0 Å². The molecule has 1 rings (SSSR count). The Morgan fingerprint density at radius 3 is 2.65 bits per heavy atom. The number of hydrogen-bond acceptors (Lipinski definition) is 2. The molecule has 0 amide bonds. The maximum absolute atomic E-state index is 11.9. The van der Waals surface area contributed by atoms with E-state index in [1.54, 1.807) is 0 Å². The molecule has 3 heteroatoms. The van der Waals surface area contributed by atoms with Crippen LogP contribution in [0.25, 0.3) is 0 Å². The number of rotatable bonds is 8. The van der Waals surface area contributed by atoms with Gasteiger partial charge in [-0.1, -0.05) is 13.8 Å². The average Bonchev–Trinajstić information content (AvgIpc) is 2.39. The summed E-state index contributed by atoms with van der Waals surface area (Å²) in [4.78, 5) is 0. The molecule has 0 saturated carbocycles. The van der Waals surface area contributed by atoms with Crippen molar-refractivity contribution in [1.82, 2.24) is 5.32 Å². The minimum atomic E-state index is -0.175. The minimum absolute atomic E-state index is 0.106. The van der Waals surface area contributed by atoms with Gasteiger partial charge in [0.15, 0.2) is 0 Å². The third-order valence-electron chi connectivity index (χ3n) is 4.03. The predicted octanol–water partition coefficient (Wildman–Crippen LogP) is 3.45. The van der Waals surface area contributed by atoms with E-state index in [0.717, 1.165) is 51.7 Å². The molecule has 1 saturated heterocycles. The van der Waals surface area contributed by atoms with Crippen LogP contribution in [0.1, 0.15) is 58.8 Å². The zero-order chi connectivity index (χ0) is 12.6. The molecule has 2 nitrogen and oxygen atoms in total. The van der Waals surface area contributed by atoms with E-state index >= 15 is 0 Å². The van der Waals surface area contributed by atoms with Gasteiger partial charge in [-0.05, 0) is 51.5 Å². The second-order valence-electron chi connectivity index (χ2n) is 5.13. The highest BCUT2D eigenvalue weighted by Gasteiger charge is 2.33. The first-order valence-electron chi connectivity index (χ1n) is 7.19. The van der Waals surface area contributed by atoms with Crippen molar-refractivity contribution in [2.45, 2.75) is 70.4 Å². The van der Waals surface area contributed by atoms with E-state index in [1.165, 1.54) is 0 Å². The quantitative estimate of drug-likeness (QED) is 0.661. The van der Waals surface area contributed by atoms with Crippen molar-refractivity contribution >= 4 is 0 Å². The van der Waals surface area contributed by atoms with Crippen LogP contribution in [0.4, 0.5) is 4.39 Å². The van der Waals surface area contributed by atoms with Crippen molar-refractivity contribution in [3.05, 3.63) is 0 Å². The van der Waals surface area contributed by atoms with E-state index in [1.807, 2.05) is 0 Å². The van der Waals surface area contributed by atoms with Gasteiger partial charge in [-0.15, -0.1) is 0 Å². The van der Waals surface area contributed by atoms with Crippen molar-refractivity contribution < 1.29 is 9.13 Å². The van der Waals surface area contributed by atoms with Gasteiger partial charge in [-0.2, -0.15) is 0 Å². The smallest absolute Gasteiger partial charge is 0.0894 e. The van der Waals surface area contributed by atoms with Crippen molar-refractivity contribution in [3.8, 4) is 0 Å². The van der Waals surface area contributed by atoms with Crippen LogP contribution in [0.15, 0.2) is 0 Å². The summed E-state index contributed by atoms with van der Waals surface area (Å²) >= 11 is 0. The van der Waals surface area contributed by atoms with Crippen LogP contribution in [0.5, 0.6) is 0 Å². The first-order valence-corrected chi connectivity index (χ1v) is 7.19. The lowest BCUT2D eigenvalue weighted by molar-refractivity contribution is -0.0929. The van der Waals surface area contributed by atoms with Crippen LogP contribution in [0, 0.1) is 0 Å². The molecule has 0 bridgehead atoms. The second-order valence-corrected chi connectivity index (χ2v) is 5.13. The Kier molecular flexibility index (Phi) is 7.05. The van der Waals surface area contributed by atoms with Crippen LogP contribution in [-0.2, 0) is 4.74 Å². The molecule has 1 aliphatic rings. The lowest BCUT2D eigenvalue weighted by atomic mass is 9.86. The van der Waals surface area contributed by atoms with Gasteiger partial charge < -0.3 is 10.1 Å². The summed E-state index contributed by atoms with van der Waals surface area (Å²) in [5.74, 6) is 0. The Balaban J connectivity index is 2.20. The van der Waals surface area contributed by atoms with Gasteiger partial charge in [0.2, 0.25) is 0 Å². The molecule has 1 N–H and O–H groups in total. The van der Waals surface area contributed by atoms with Gasteiger partial charge in [-0.3, -0.25) is 4.39 Å². The number of halogens is 1. The van der Waals surface area contributed by atoms with Crippen LogP contribution in [-0.4, -0.2) is 31.5 Å². The van der Waals surface area contributed by atoms with Crippen molar-refractivity contribution in [3.63, 3.8) is 0 Å². The standard InChI is InChI=1S/C14H28FNO/c1-3-14(4-2)12-13(8-11-17-14)16-10-7-5-6-9-15/h13,16H,3-12H2,1-2H3. The molecule has 0 aliphatic carbocycles. The Hall–Kier alpha value is -0.150. The number of alkyl halides is 1. The zero-order valence-corrected chi connectivity index (χ0v) is 11.4. The first-order chi connectivity index (χ1) is 8.26. The molecule has 1 heterocycles. The second kappa shape index (κ2) is 8.04. The lowest BCUT2D eigenvalue weighted by Gasteiger charge is -2.40. The van der Waals surface area contributed by atoms with Crippen molar-refractivity contribution in [1.29, 1.82) is 0 Å². The molecular weight excluding hydrogens is 217 g/mol. The minimum Gasteiger partial charge on any atom is -0.375 e. The Morgan fingerprint density at radius 1 is 1.24 bits per heavy atom. The fourth-order valence-electron chi connectivity index (χ4n) is 2.65. The molecule has 17 heavy (non-hydrogen) atoms. The average molecular weight is 245 g/mol. The van der Waals surface area contributed by atoms with E-state index in [9.17, 15) is 4.39 Å². The Morgan fingerprint density at radius 2 is 2.00 bits per heavy atom. The molecule has 102 valence electrons. The molecular formula is C14H28FNO. The summed E-state index contributed by atoms with van der Waals surface area (Å²) in [6, 6.07) is 0.592. The lowest BCUT2D eigenvalue weighted by Crippen LogP contribution is -2.46. The molecule has 0 aromatic heterocycles. The maximum atomic E-state index is 11.9. The number of nitrogens with one attached hydrogen (secondary N) is 1. The van der Waals surface area contributed by atoms with Crippen LogP contribution in [0.3, 0.4) is 0 Å². The summed E-state index contributed by atoms with van der Waals surface area (Å²) in [5.41, 5.74) is 0.106. The third-order valence-corrected chi connectivity index (χ3v) is 4.03. The normalized spacial score (nSPS) is 23.8. The van der Waals surface area contributed by atoms with Gasteiger partial charge >= 0.3 is 0 Å². The summed E-state index contributed by atoms with van der Waals surface area (Å²) < 4.78 is 17.9. The van der Waals surface area contributed by atoms with Gasteiger partial charge in [0.1, 0.15) is 0 Å². The fraction of sp³-hybridized carbons (Fsp3) is 1.00. The first kappa shape index (κ1) is 14.9. The number of ether oxygens (including phenoxy) is 1. The highest BCUT2D eigenvalue weighted by atomic mass is 19.1. The summed E-state index contributed by atoms with van der Waals surface area (Å²) in [5, 5.41) is 3.60. The van der Waals surface area contributed by atoms with Crippen LogP contribution >= 0.6 is 0 Å². The van der Waals surface area contributed by atoms with Crippen molar-refractivity contribution in [2.75, 3.05) is 19.8 Å². The zero-order valence-electron chi connectivity index (χ0n) is 11.4. The molecule has 0 radical (unpaired) electrons. The highest BCUT2D eigenvalue weighted by Crippen LogP contribution is 2.31. The molecule has 1 unspecified atom stereocenters. The molecule has 0 aromatic carbocycles. The fourth-order valence-corrected chi connectivity index (χ4v) is 2.65. The summed E-state index contributed by atoms with van der Waals surface area (Å²) in [6.45, 7) is 6.16. The van der Waals surface area contributed by atoms with Gasteiger partial charge in [-0.25, -0.2) is 0 Å². The molecule has 1 atom stereocenters. The predicted molar refractivity (Wildman–Crippen MR) is 70.1 cm³/mol. The van der Waals surface area contributed by atoms with Gasteiger partial charge in [0.05, 0.1) is 12.3 Å². The molecule has 1 fully saturated rings. The largest absolute Gasteiger partial charge is 0.375 e. The molecule has 1 aliphatic heterocycles.